The summed E-state index contributed by atoms with van der Waals surface area (Å²) in [5, 5.41) is 7.36. The number of thiazole rings is 1. The lowest BCUT2D eigenvalue weighted by atomic mass is 9.92. The number of nitrogens with zero attached hydrogens (tertiary/aromatic N) is 7. The van der Waals surface area contributed by atoms with Gasteiger partial charge in [-0.2, -0.15) is 0 Å². The van der Waals surface area contributed by atoms with Crippen LogP contribution in [0.2, 0.25) is 0 Å². The van der Waals surface area contributed by atoms with Gasteiger partial charge < -0.3 is 4.57 Å². The molecule has 0 aliphatic heterocycles. The maximum absolute atomic E-state index is 12.0. The van der Waals surface area contributed by atoms with Crippen molar-refractivity contribution in [1.82, 2.24) is 34.5 Å². The molecule has 15 nitrogen and oxygen atoms in total. The number of imidazole rings is 1. The van der Waals surface area contributed by atoms with Crippen molar-refractivity contribution in [3.05, 3.63) is 489 Å². The fourth-order valence-electron chi connectivity index (χ4n) is 17.9. The number of pyridine rings is 4. The molecule has 0 aliphatic rings. The highest BCUT2D eigenvalue weighted by Gasteiger charge is 2.22. The molecule has 0 saturated heterocycles. The van der Waals surface area contributed by atoms with Crippen molar-refractivity contribution in [3.8, 4) is 44.5 Å². The van der Waals surface area contributed by atoms with Crippen molar-refractivity contribution >= 4 is 141 Å². The van der Waals surface area contributed by atoms with E-state index in [1.165, 1.54) is 47.3 Å². The summed E-state index contributed by atoms with van der Waals surface area (Å²) in [7, 11) is -11.1. The summed E-state index contributed by atoms with van der Waals surface area (Å²) >= 11 is 1.55. The lowest BCUT2D eigenvalue weighted by Gasteiger charge is -2.13. The van der Waals surface area contributed by atoms with Crippen LogP contribution in [0.4, 0.5) is 0 Å². The topological polar surface area (TPSA) is 219 Å². The van der Waals surface area contributed by atoms with Crippen LogP contribution in [-0.4, -0.2) is 93.2 Å². The summed E-state index contributed by atoms with van der Waals surface area (Å²) in [6, 6.07) is 117. The van der Waals surface area contributed by atoms with Gasteiger partial charge in [-0.15, -0.1) is 11.3 Å². The monoisotopic (exact) mass is 2020 g/mol. The number of aryl methyl sites for hydroxylation is 1. The Bertz CT molecular complexity index is 8610. The van der Waals surface area contributed by atoms with E-state index in [2.05, 4.69) is 284 Å². The van der Waals surface area contributed by atoms with Gasteiger partial charge in [0.1, 0.15) is 10.8 Å². The molecule has 0 bridgehead atoms. The molecule has 0 unspecified atom stereocenters. The largest absolute Gasteiger partial charge is 0.334 e. The van der Waals surface area contributed by atoms with Gasteiger partial charge in [0.15, 0.2) is 39.3 Å². The third-order valence-electron chi connectivity index (χ3n) is 25.9. The molecule has 6 heterocycles. The summed E-state index contributed by atoms with van der Waals surface area (Å²) in [4.78, 5) is 29.1. The van der Waals surface area contributed by atoms with Crippen LogP contribution in [0.3, 0.4) is 0 Å². The molecule has 147 heavy (non-hydrogen) atoms. The van der Waals surface area contributed by atoms with Crippen LogP contribution in [0, 0.1) is 0 Å². The standard InChI is InChI=1S/2C33H29NO2S.C31H29N3O2S.C30H26N2O2S2/c2*1-23(2)29-21-28-13-8-18-34-33(28)32(22-29)27-12-7-9-24(19-27)20-31(25-10-5-4-6-11-25)26-14-16-30(17-15-26)37(3,35)36;1-21(2)26-19-25-9-6-14-32-30(25)28(20-26)24-8-5-7-22(17-24)18-29(31-33-15-16-34(31)3)23-10-12-27(13-11-23)37(4,35)36;1-20(2)25-18-24-8-5-13-31-29(24)27(19-25)23-7-4-6-21(16-23)17-28(30-32-14-15-35-30)22-9-11-26(12-10-22)36(3,33)34/h2*4-23H,1-3H3;5-21H,1-4H3;4-20H,1-3H3/b31-20+;31-20-;29-18+;28-17-. The van der Waals surface area contributed by atoms with Crippen molar-refractivity contribution in [1.29, 1.82) is 0 Å². The van der Waals surface area contributed by atoms with E-state index in [4.69, 9.17) is 19.9 Å². The molecule has 0 N–H and O–H groups in total. The second-order valence-corrected chi connectivity index (χ2v) is 47.0. The molecule has 0 radical (unpaired) electrons. The smallest absolute Gasteiger partial charge is 0.175 e. The van der Waals surface area contributed by atoms with E-state index in [0.717, 1.165) is 177 Å². The van der Waals surface area contributed by atoms with Gasteiger partial charge in [-0.3, -0.25) is 19.9 Å². The van der Waals surface area contributed by atoms with Crippen LogP contribution < -0.4 is 0 Å². The molecular weight excluding hydrogens is 1910 g/mol. The van der Waals surface area contributed by atoms with Crippen LogP contribution >= 0.6 is 11.3 Å². The Labute approximate surface area is 866 Å². The first-order valence-corrected chi connectivity index (χ1v) is 57.1. The molecule has 20 heteroatoms. The van der Waals surface area contributed by atoms with E-state index in [0.29, 0.717) is 43.3 Å². The fraction of sp³-hybridized carbons (Fsp3) is 0.134. The zero-order valence-corrected chi connectivity index (χ0v) is 88.2. The van der Waals surface area contributed by atoms with E-state index in [1.807, 2.05) is 157 Å². The molecule has 20 aromatic rings. The first kappa shape index (κ1) is 103. The Morgan fingerprint density at radius 1 is 0.259 bits per heavy atom. The number of fused-ring (bicyclic) bond motifs is 4. The molecule has 0 atom stereocenters. The maximum Gasteiger partial charge on any atom is 0.175 e. The number of hydrogen-bond acceptors (Lipinski definition) is 15. The highest BCUT2D eigenvalue weighted by Crippen LogP contribution is 2.42. The van der Waals surface area contributed by atoms with Gasteiger partial charge in [0, 0.05) is 136 Å². The van der Waals surface area contributed by atoms with Gasteiger partial charge in [0.25, 0.3) is 0 Å². The molecule has 0 amide bonds. The zero-order valence-electron chi connectivity index (χ0n) is 84.2. The second kappa shape index (κ2) is 44.9. The zero-order chi connectivity index (χ0) is 103. The molecular formula is C127H113N7O8S5. The summed E-state index contributed by atoms with van der Waals surface area (Å²) in [6.07, 6.45) is 26.3. The quantitative estimate of drug-likeness (QED) is 0.0514. The lowest BCUT2D eigenvalue weighted by molar-refractivity contribution is 0.600. The SMILES string of the molecule is CC(C)c1cc(-c2cccc(/C=C(/c3ccc(S(C)(=O)=O)cc3)c3nccs3)c2)c2ncccc2c1.CC(C)c1cc(-c2cccc(/C=C(/c3ccccc3)c3ccc(S(C)(=O)=O)cc3)c2)c2ncccc2c1.CC(C)c1cc(-c2cccc(/C=C(\c3ccc(S(C)(=O)=O)cc3)c3nccn3C)c2)c2ncccc2c1.CC(C)c1cc(-c2cccc(/C=C(\c3ccccc3)c3ccc(S(C)(=O)=O)cc3)c2)c2ncccc2c1. The Morgan fingerprint density at radius 3 is 0.782 bits per heavy atom. The molecule has 14 aromatic carbocycles. The van der Waals surface area contributed by atoms with Gasteiger partial charge >= 0.3 is 0 Å². The van der Waals surface area contributed by atoms with Crippen LogP contribution in [-0.2, 0) is 46.4 Å². The number of aromatic nitrogens is 7. The van der Waals surface area contributed by atoms with Crippen LogP contribution in [0.1, 0.15) is 168 Å². The minimum atomic E-state index is -3.28. The maximum atomic E-state index is 12.0. The summed E-state index contributed by atoms with van der Waals surface area (Å²) < 4.78 is 97.7. The lowest BCUT2D eigenvalue weighted by Crippen LogP contribution is -2.00. The van der Waals surface area contributed by atoms with Crippen molar-refractivity contribution < 1.29 is 33.7 Å². The van der Waals surface area contributed by atoms with E-state index in [1.54, 1.807) is 72.3 Å². The molecule has 6 aromatic heterocycles. The Hall–Kier alpha value is -15.7. The molecule has 0 aliphatic carbocycles. The minimum absolute atomic E-state index is 0.293. The normalized spacial score (nSPS) is 12.3. The second-order valence-electron chi connectivity index (χ2n) is 38.0. The number of sulfone groups is 4. The molecule has 20 rings (SSSR count). The van der Waals surface area contributed by atoms with Gasteiger partial charge in [-0.25, -0.2) is 43.6 Å². The molecule has 0 saturated carbocycles. The molecule has 0 spiro atoms. The predicted octanol–water partition coefficient (Wildman–Crippen LogP) is 30.3. The third-order valence-corrected chi connectivity index (χ3v) is 31.2. The first-order chi connectivity index (χ1) is 70.6. The van der Waals surface area contributed by atoms with Gasteiger partial charge in [-0.05, 0) is 305 Å². The third kappa shape index (κ3) is 24.9. The summed E-state index contributed by atoms with van der Waals surface area (Å²) in [5.41, 5.74) is 31.8. The van der Waals surface area contributed by atoms with Crippen molar-refractivity contribution in [2.24, 2.45) is 7.05 Å². The van der Waals surface area contributed by atoms with E-state index in [-0.39, 0.29) is 0 Å². The van der Waals surface area contributed by atoms with Crippen molar-refractivity contribution in [2.75, 3.05) is 25.0 Å². The van der Waals surface area contributed by atoms with Crippen molar-refractivity contribution in [2.45, 2.75) is 98.6 Å². The van der Waals surface area contributed by atoms with Crippen molar-refractivity contribution in [3.63, 3.8) is 0 Å². The van der Waals surface area contributed by atoms with Gasteiger partial charge in [-0.1, -0.05) is 262 Å². The highest BCUT2D eigenvalue weighted by molar-refractivity contribution is 7.91. The van der Waals surface area contributed by atoms with Crippen LogP contribution in [0.5, 0.6) is 0 Å². The van der Waals surface area contributed by atoms with E-state index < -0.39 is 39.3 Å². The van der Waals surface area contributed by atoms with E-state index >= 15 is 0 Å². The highest BCUT2D eigenvalue weighted by atomic mass is 32.2. The molecule has 0 fully saturated rings. The minimum Gasteiger partial charge on any atom is -0.334 e. The Balaban J connectivity index is 0.000000134. The number of hydrogen-bond donors (Lipinski definition) is 0. The van der Waals surface area contributed by atoms with Crippen LogP contribution in [0.15, 0.2) is 420 Å². The molecule has 734 valence electrons. The Kier molecular flexibility index (Phi) is 31.4. The predicted molar refractivity (Wildman–Crippen MR) is 609 cm³/mol. The first-order valence-electron chi connectivity index (χ1n) is 48.6. The van der Waals surface area contributed by atoms with Gasteiger partial charge in [0.05, 0.1) is 41.6 Å². The average molecular weight is 2030 g/mol. The number of rotatable bonds is 24. The fourth-order valence-corrected chi connectivity index (χ4v) is 21.1. The van der Waals surface area contributed by atoms with Crippen LogP contribution in [0.25, 0.3) is 135 Å². The summed E-state index contributed by atoms with van der Waals surface area (Å²) in [6.45, 7) is 17.7. The number of benzene rings is 14. The average Bonchev–Trinajstić information content (AvgIpc) is 1.79. The van der Waals surface area contributed by atoms with E-state index in [9.17, 15) is 33.7 Å². The Morgan fingerprint density at radius 2 is 0.524 bits per heavy atom. The summed E-state index contributed by atoms with van der Waals surface area (Å²) in [5.74, 6) is 2.42. The van der Waals surface area contributed by atoms with Gasteiger partial charge in [0.2, 0.25) is 0 Å².